The predicted octanol–water partition coefficient (Wildman–Crippen LogP) is 2.70. The highest BCUT2D eigenvalue weighted by atomic mass is 32.1. The molecule has 4 rings (SSSR count). The summed E-state index contributed by atoms with van der Waals surface area (Å²) in [5, 5.41) is 20.9. The van der Waals surface area contributed by atoms with Crippen LogP contribution in [0.4, 0.5) is 5.69 Å². The van der Waals surface area contributed by atoms with Crippen LogP contribution in [-0.4, -0.2) is 22.0 Å². The van der Waals surface area contributed by atoms with E-state index >= 15 is 0 Å². The third kappa shape index (κ3) is 3.40. The maximum atomic E-state index is 11.2. The molecular weight excluding hydrogens is 364 g/mol. The number of hydrogen-bond acceptors (Lipinski definition) is 6. The standard InChI is InChI=1S/C20H12N2O4S/c23-19(24)11-7-12(20(25)26)9-14(8-11)21-13-5-6-16-18(10-13)27-17-4-2-1-3-15(17)22-16/h1-10H,(H,23,24)(H,25,26)/p-1. The zero-order chi connectivity index (χ0) is 19.0. The van der Waals surface area contributed by atoms with Crippen molar-refractivity contribution in [2.24, 2.45) is 4.99 Å². The number of hydrogen-bond donors (Lipinski definition) is 1. The number of para-hydroxylation sites is 1. The lowest BCUT2D eigenvalue weighted by Crippen LogP contribution is -2.22. The van der Waals surface area contributed by atoms with Crippen LogP contribution in [0.1, 0.15) is 20.7 Å². The number of fused-ring (bicyclic) bond motifs is 2. The average molecular weight is 375 g/mol. The van der Waals surface area contributed by atoms with Crippen molar-refractivity contribution in [3.63, 3.8) is 0 Å². The molecule has 2 aromatic carbocycles. The molecule has 27 heavy (non-hydrogen) atoms. The molecule has 6 nitrogen and oxygen atoms in total. The monoisotopic (exact) mass is 375 g/mol. The molecule has 0 aromatic heterocycles. The van der Waals surface area contributed by atoms with Crippen molar-refractivity contribution in [2.45, 2.75) is 0 Å². The van der Waals surface area contributed by atoms with Crippen LogP contribution in [0.3, 0.4) is 0 Å². The molecule has 0 saturated heterocycles. The first kappa shape index (κ1) is 16.9. The fourth-order valence-electron chi connectivity index (χ4n) is 2.70. The van der Waals surface area contributed by atoms with E-state index in [1.165, 1.54) is 12.1 Å². The second kappa shape index (κ2) is 6.62. The van der Waals surface area contributed by atoms with E-state index in [1.807, 2.05) is 36.4 Å². The number of rotatable bonds is 3. The fourth-order valence-corrected chi connectivity index (χ4v) is 3.70. The van der Waals surface area contributed by atoms with Gasteiger partial charge >= 0.3 is 5.97 Å². The van der Waals surface area contributed by atoms with Crippen LogP contribution in [0.25, 0.3) is 20.8 Å². The highest BCUT2D eigenvalue weighted by Crippen LogP contribution is 2.29. The number of carbonyl (C=O) groups is 2. The Labute approximate surface area is 157 Å². The molecular formula is C20H11N2O4S-. The normalized spacial score (nSPS) is 11.8. The van der Waals surface area contributed by atoms with Crippen LogP contribution < -0.4 is 10.5 Å². The first-order valence-corrected chi connectivity index (χ1v) is 8.75. The Morgan fingerprint density at radius 3 is 2.56 bits per heavy atom. The molecule has 0 unspecified atom stereocenters. The maximum Gasteiger partial charge on any atom is 0.335 e. The van der Waals surface area contributed by atoms with Crippen molar-refractivity contribution in [1.29, 1.82) is 0 Å². The Bertz CT molecular complexity index is 1210. The van der Waals surface area contributed by atoms with Gasteiger partial charge in [-0.25, -0.2) is 14.8 Å². The lowest BCUT2D eigenvalue weighted by atomic mass is 10.1. The second-order valence-corrected chi connectivity index (χ2v) is 6.89. The summed E-state index contributed by atoms with van der Waals surface area (Å²) in [6.45, 7) is 0. The van der Waals surface area contributed by atoms with Gasteiger partial charge in [-0.15, -0.1) is 11.3 Å². The summed E-state index contributed by atoms with van der Waals surface area (Å²) in [5.74, 6) is -2.68. The molecule has 2 aromatic rings. The molecule has 2 aliphatic rings. The zero-order valence-corrected chi connectivity index (χ0v) is 14.6. The molecule has 1 aliphatic carbocycles. The Morgan fingerprint density at radius 1 is 1.00 bits per heavy atom. The Balaban J connectivity index is 1.88. The van der Waals surface area contributed by atoms with E-state index < -0.39 is 11.9 Å². The summed E-state index contributed by atoms with van der Waals surface area (Å²) in [6.07, 6.45) is 0. The SMILES string of the molecule is O=C([O-])c1cc(N=c2ccc3nc4ccccc4sc-3c2)cc(C(=O)O)c1. The number of aromatic nitrogens is 1. The number of benzene rings is 3. The van der Waals surface area contributed by atoms with Gasteiger partial charge in [-0.3, -0.25) is 0 Å². The Kier molecular flexibility index (Phi) is 4.13. The summed E-state index contributed by atoms with van der Waals surface area (Å²) in [5.41, 5.74) is 1.57. The van der Waals surface area contributed by atoms with Gasteiger partial charge in [0.1, 0.15) is 0 Å². The van der Waals surface area contributed by atoms with E-state index in [2.05, 4.69) is 9.98 Å². The van der Waals surface area contributed by atoms with Gasteiger partial charge in [-0.2, -0.15) is 0 Å². The molecule has 0 amide bonds. The van der Waals surface area contributed by atoms with Gasteiger partial charge in [0.15, 0.2) is 0 Å². The Hall–Kier alpha value is -3.58. The van der Waals surface area contributed by atoms with Gasteiger partial charge in [0, 0.05) is 5.56 Å². The Morgan fingerprint density at radius 2 is 1.78 bits per heavy atom. The highest BCUT2D eigenvalue weighted by molar-refractivity contribution is 7.21. The molecule has 0 radical (unpaired) electrons. The predicted molar refractivity (Wildman–Crippen MR) is 99.2 cm³/mol. The van der Waals surface area contributed by atoms with E-state index in [0.29, 0.717) is 5.36 Å². The van der Waals surface area contributed by atoms with Gasteiger partial charge < -0.3 is 15.0 Å². The number of carbonyl (C=O) groups excluding carboxylic acids is 1. The molecule has 0 spiro atoms. The third-order valence-corrected chi connectivity index (χ3v) is 5.04. The first-order valence-electron chi connectivity index (χ1n) is 7.94. The largest absolute Gasteiger partial charge is 0.545 e. The third-order valence-electron chi connectivity index (χ3n) is 3.93. The summed E-state index contributed by atoms with van der Waals surface area (Å²) in [7, 11) is 0. The molecule has 7 heteroatoms. The lowest BCUT2D eigenvalue weighted by molar-refractivity contribution is -0.255. The second-order valence-electron chi connectivity index (χ2n) is 5.81. The summed E-state index contributed by atoms with van der Waals surface area (Å²) in [6, 6.07) is 16.9. The molecule has 0 atom stereocenters. The molecule has 1 heterocycles. The summed E-state index contributed by atoms with van der Waals surface area (Å²) < 4.78 is 1.04. The van der Waals surface area contributed by atoms with Crippen LogP contribution in [0.15, 0.2) is 65.7 Å². The minimum absolute atomic E-state index is 0.160. The minimum Gasteiger partial charge on any atom is -0.545 e. The molecule has 1 aliphatic heterocycles. The van der Waals surface area contributed by atoms with Crippen molar-refractivity contribution < 1.29 is 19.8 Å². The van der Waals surface area contributed by atoms with Crippen molar-refractivity contribution in [1.82, 2.24) is 4.98 Å². The number of carboxylic acids is 2. The van der Waals surface area contributed by atoms with E-state index in [9.17, 15) is 14.7 Å². The zero-order valence-electron chi connectivity index (χ0n) is 13.7. The maximum absolute atomic E-state index is 11.2. The van der Waals surface area contributed by atoms with E-state index in [4.69, 9.17) is 5.11 Å². The fraction of sp³-hybridized carbons (Fsp3) is 0. The first-order chi connectivity index (χ1) is 13.0. The van der Waals surface area contributed by atoms with Crippen LogP contribution >= 0.6 is 11.3 Å². The topological polar surface area (TPSA) is 103 Å². The number of nitrogens with zero attached hydrogens (tertiary/aromatic N) is 2. The average Bonchev–Trinajstić information content (AvgIpc) is 2.66. The lowest BCUT2D eigenvalue weighted by Gasteiger charge is -2.07. The number of aromatic carboxylic acids is 2. The minimum atomic E-state index is -1.45. The highest BCUT2D eigenvalue weighted by Gasteiger charge is 2.09. The van der Waals surface area contributed by atoms with Gasteiger partial charge in [0.05, 0.1) is 43.4 Å². The van der Waals surface area contributed by atoms with Gasteiger partial charge in [0.25, 0.3) is 0 Å². The van der Waals surface area contributed by atoms with E-state index in [0.717, 1.165) is 26.9 Å². The van der Waals surface area contributed by atoms with E-state index in [-0.39, 0.29) is 16.8 Å². The van der Waals surface area contributed by atoms with Gasteiger partial charge in [-0.1, -0.05) is 12.1 Å². The van der Waals surface area contributed by atoms with Crippen molar-refractivity contribution in [3.8, 4) is 10.6 Å². The van der Waals surface area contributed by atoms with Crippen LogP contribution in [0, 0.1) is 0 Å². The molecule has 0 saturated carbocycles. The quantitative estimate of drug-likeness (QED) is 0.555. The van der Waals surface area contributed by atoms with Crippen LogP contribution in [0.2, 0.25) is 0 Å². The van der Waals surface area contributed by atoms with Crippen LogP contribution in [-0.2, 0) is 0 Å². The molecule has 0 fully saturated rings. The number of carboxylic acid groups (broad SMARTS) is 2. The van der Waals surface area contributed by atoms with E-state index in [1.54, 1.807) is 17.4 Å². The van der Waals surface area contributed by atoms with Crippen LogP contribution in [0.5, 0.6) is 0 Å². The molecule has 0 bridgehead atoms. The van der Waals surface area contributed by atoms with Crippen molar-refractivity contribution >= 4 is 39.2 Å². The van der Waals surface area contributed by atoms with Gasteiger partial charge in [-0.05, 0) is 48.5 Å². The summed E-state index contributed by atoms with van der Waals surface area (Å²) in [4.78, 5) is 32.3. The molecule has 1 N–H and O–H groups in total. The molecule has 132 valence electrons. The van der Waals surface area contributed by atoms with Crippen molar-refractivity contribution in [3.05, 3.63) is 77.1 Å². The van der Waals surface area contributed by atoms with Crippen molar-refractivity contribution in [2.75, 3.05) is 0 Å². The smallest absolute Gasteiger partial charge is 0.335 e. The van der Waals surface area contributed by atoms with Gasteiger partial charge in [0.2, 0.25) is 0 Å². The summed E-state index contributed by atoms with van der Waals surface area (Å²) >= 11 is 1.57.